The number of rotatable bonds is 7. The molecule has 3 amide bonds. The highest BCUT2D eigenvalue weighted by Gasteiger charge is 2.24. The van der Waals surface area contributed by atoms with E-state index in [1.165, 1.54) is 17.4 Å². The number of nitrogens with one attached hydrogen (secondary N) is 2. The first-order valence-electron chi connectivity index (χ1n) is 10.1. The minimum Gasteiger partial charge on any atom is -0.348 e. The summed E-state index contributed by atoms with van der Waals surface area (Å²) in [5.74, 6) is -0.133. The van der Waals surface area contributed by atoms with Crippen LogP contribution in [0, 0.1) is 6.92 Å². The van der Waals surface area contributed by atoms with Gasteiger partial charge in [-0.05, 0) is 62.1 Å². The summed E-state index contributed by atoms with van der Waals surface area (Å²) in [5.41, 5.74) is 1.75. The Balaban J connectivity index is 1.40. The lowest BCUT2D eigenvalue weighted by atomic mass is 10.0. The zero-order valence-electron chi connectivity index (χ0n) is 17.1. The second-order valence-electron chi connectivity index (χ2n) is 7.43. The summed E-state index contributed by atoms with van der Waals surface area (Å²) < 4.78 is 0. The monoisotopic (exact) mass is 425 g/mol. The Morgan fingerprint density at radius 2 is 1.83 bits per heavy atom. The van der Waals surface area contributed by atoms with Gasteiger partial charge in [0.25, 0.3) is 5.91 Å². The van der Waals surface area contributed by atoms with Gasteiger partial charge in [-0.3, -0.25) is 14.4 Å². The Labute approximate surface area is 181 Å². The fourth-order valence-corrected chi connectivity index (χ4v) is 4.21. The van der Waals surface area contributed by atoms with Crippen molar-refractivity contribution in [3.05, 3.63) is 64.4 Å². The van der Waals surface area contributed by atoms with E-state index in [1.54, 1.807) is 0 Å². The molecule has 3 rings (SSSR count). The maximum absolute atomic E-state index is 12.5. The van der Waals surface area contributed by atoms with Crippen LogP contribution in [0.2, 0.25) is 0 Å². The lowest BCUT2D eigenvalue weighted by Crippen LogP contribution is -2.46. The van der Waals surface area contributed by atoms with Crippen LogP contribution in [0.3, 0.4) is 0 Å². The average Bonchev–Trinajstić information content (AvgIpc) is 3.20. The normalized spacial score (nSPS) is 14.2. The fraction of sp³-hybridized carbons (Fsp3) is 0.348. The van der Waals surface area contributed by atoms with Gasteiger partial charge in [-0.1, -0.05) is 18.7 Å². The highest BCUT2D eigenvalue weighted by Crippen LogP contribution is 2.18. The molecule has 2 heterocycles. The molecule has 1 aliphatic rings. The van der Waals surface area contributed by atoms with E-state index < -0.39 is 0 Å². The minimum absolute atomic E-state index is 0.0226. The number of benzene rings is 1. The number of nitrogens with zero attached hydrogens (tertiary/aromatic N) is 1. The first-order chi connectivity index (χ1) is 14.4. The van der Waals surface area contributed by atoms with Gasteiger partial charge in [-0.2, -0.15) is 0 Å². The van der Waals surface area contributed by atoms with Crippen molar-refractivity contribution in [1.29, 1.82) is 0 Å². The molecule has 6 nitrogen and oxygen atoms in total. The van der Waals surface area contributed by atoms with Crippen molar-refractivity contribution in [2.24, 2.45) is 0 Å². The number of aryl methyl sites for hydroxylation is 2. The standard InChI is InChI=1S/C23H27N3O3S/c1-3-21(27)24-18-8-5-17(6-9-18)7-11-22(28)26-14-12-19(13-15-26)25-23(29)20-10-4-16(2)30-20/h3-6,8-10,19H,1,7,11-15H2,2H3,(H,24,27)(H,25,29). The van der Waals surface area contributed by atoms with E-state index in [1.807, 2.05) is 48.2 Å². The van der Waals surface area contributed by atoms with E-state index in [0.717, 1.165) is 28.2 Å². The van der Waals surface area contributed by atoms with Crippen LogP contribution in [0.25, 0.3) is 0 Å². The first-order valence-corrected chi connectivity index (χ1v) is 10.9. The van der Waals surface area contributed by atoms with Gasteiger partial charge in [0, 0.05) is 36.1 Å². The molecule has 158 valence electrons. The third kappa shape index (κ3) is 6.03. The second-order valence-corrected chi connectivity index (χ2v) is 8.72. The van der Waals surface area contributed by atoms with Crippen LogP contribution in [0.4, 0.5) is 5.69 Å². The largest absolute Gasteiger partial charge is 0.348 e. The Bertz CT molecular complexity index is 912. The number of carbonyl (C=O) groups excluding carboxylic acids is 3. The third-order valence-electron chi connectivity index (χ3n) is 5.18. The molecule has 1 aromatic heterocycles. The molecule has 0 bridgehead atoms. The van der Waals surface area contributed by atoms with Crippen LogP contribution < -0.4 is 10.6 Å². The Hall–Kier alpha value is -2.93. The molecule has 1 saturated heterocycles. The summed E-state index contributed by atoms with van der Waals surface area (Å²) in [4.78, 5) is 39.9. The molecule has 2 N–H and O–H groups in total. The van der Waals surface area contributed by atoms with Crippen molar-refractivity contribution in [2.45, 2.75) is 38.6 Å². The summed E-state index contributed by atoms with van der Waals surface area (Å²) in [6, 6.07) is 11.4. The fourth-order valence-electron chi connectivity index (χ4n) is 3.44. The zero-order chi connectivity index (χ0) is 21.5. The summed E-state index contributed by atoms with van der Waals surface area (Å²) >= 11 is 1.50. The Kier molecular flexibility index (Phi) is 7.41. The van der Waals surface area contributed by atoms with E-state index in [-0.39, 0.29) is 23.8 Å². The number of piperidine rings is 1. The van der Waals surface area contributed by atoms with Crippen LogP contribution in [-0.4, -0.2) is 41.8 Å². The SMILES string of the molecule is C=CC(=O)Nc1ccc(CCC(=O)N2CCC(NC(=O)c3ccc(C)s3)CC2)cc1. The van der Waals surface area contributed by atoms with Crippen LogP contribution >= 0.6 is 11.3 Å². The first kappa shape index (κ1) is 21.8. The maximum atomic E-state index is 12.5. The summed E-state index contributed by atoms with van der Waals surface area (Å²) in [6.07, 6.45) is 3.89. The lowest BCUT2D eigenvalue weighted by Gasteiger charge is -2.32. The number of amides is 3. The maximum Gasteiger partial charge on any atom is 0.261 e. The molecular weight excluding hydrogens is 398 g/mol. The highest BCUT2D eigenvalue weighted by atomic mass is 32.1. The molecule has 7 heteroatoms. The van der Waals surface area contributed by atoms with Gasteiger partial charge < -0.3 is 15.5 Å². The Morgan fingerprint density at radius 1 is 1.13 bits per heavy atom. The summed E-state index contributed by atoms with van der Waals surface area (Å²) in [6.45, 7) is 6.75. The van der Waals surface area contributed by atoms with E-state index in [2.05, 4.69) is 17.2 Å². The predicted molar refractivity (Wildman–Crippen MR) is 120 cm³/mol. The van der Waals surface area contributed by atoms with Gasteiger partial charge in [0.15, 0.2) is 0 Å². The quantitative estimate of drug-likeness (QED) is 0.666. The molecular formula is C23H27N3O3S. The van der Waals surface area contributed by atoms with Gasteiger partial charge in [0.1, 0.15) is 0 Å². The van der Waals surface area contributed by atoms with Crippen molar-refractivity contribution in [1.82, 2.24) is 10.2 Å². The summed E-state index contributed by atoms with van der Waals surface area (Å²) in [5, 5.41) is 5.79. The zero-order valence-corrected chi connectivity index (χ0v) is 18.0. The number of anilines is 1. The van der Waals surface area contributed by atoms with Crippen molar-refractivity contribution in [3.8, 4) is 0 Å². The minimum atomic E-state index is -0.247. The molecule has 1 aliphatic heterocycles. The van der Waals surface area contributed by atoms with Crippen LogP contribution in [-0.2, 0) is 16.0 Å². The van der Waals surface area contributed by atoms with E-state index in [4.69, 9.17) is 0 Å². The van der Waals surface area contributed by atoms with Crippen LogP contribution in [0.5, 0.6) is 0 Å². The molecule has 1 aromatic carbocycles. The molecule has 0 radical (unpaired) electrons. The molecule has 1 fully saturated rings. The van der Waals surface area contributed by atoms with Crippen molar-refractivity contribution in [3.63, 3.8) is 0 Å². The van der Waals surface area contributed by atoms with E-state index in [9.17, 15) is 14.4 Å². The smallest absolute Gasteiger partial charge is 0.261 e. The van der Waals surface area contributed by atoms with Gasteiger partial charge in [0.2, 0.25) is 11.8 Å². The van der Waals surface area contributed by atoms with Crippen LogP contribution in [0.1, 0.15) is 39.4 Å². The van der Waals surface area contributed by atoms with Gasteiger partial charge in [0.05, 0.1) is 4.88 Å². The average molecular weight is 426 g/mol. The molecule has 30 heavy (non-hydrogen) atoms. The number of carbonyl (C=O) groups is 3. The highest BCUT2D eigenvalue weighted by molar-refractivity contribution is 7.13. The molecule has 0 aliphatic carbocycles. The van der Waals surface area contributed by atoms with Gasteiger partial charge >= 0.3 is 0 Å². The van der Waals surface area contributed by atoms with Gasteiger partial charge in [-0.15, -0.1) is 11.3 Å². The molecule has 0 spiro atoms. The lowest BCUT2D eigenvalue weighted by molar-refractivity contribution is -0.132. The van der Waals surface area contributed by atoms with Crippen molar-refractivity contribution >= 4 is 34.7 Å². The topological polar surface area (TPSA) is 78.5 Å². The number of hydrogen-bond acceptors (Lipinski definition) is 4. The molecule has 2 aromatic rings. The second kappa shape index (κ2) is 10.2. The summed E-state index contributed by atoms with van der Waals surface area (Å²) in [7, 11) is 0. The number of thiophene rings is 1. The van der Waals surface area contributed by atoms with Crippen molar-refractivity contribution in [2.75, 3.05) is 18.4 Å². The van der Waals surface area contributed by atoms with Gasteiger partial charge in [-0.25, -0.2) is 0 Å². The Morgan fingerprint density at radius 3 is 2.43 bits per heavy atom. The van der Waals surface area contributed by atoms with E-state index in [0.29, 0.717) is 31.6 Å². The molecule has 0 atom stereocenters. The number of likely N-dealkylation sites (tertiary alicyclic amines) is 1. The predicted octanol–water partition coefficient (Wildman–Crippen LogP) is 3.53. The van der Waals surface area contributed by atoms with Crippen LogP contribution in [0.15, 0.2) is 49.1 Å². The van der Waals surface area contributed by atoms with Crippen molar-refractivity contribution < 1.29 is 14.4 Å². The van der Waals surface area contributed by atoms with E-state index >= 15 is 0 Å². The molecule has 0 unspecified atom stereocenters. The third-order valence-corrected chi connectivity index (χ3v) is 6.18. The molecule has 0 saturated carbocycles. The number of hydrogen-bond donors (Lipinski definition) is 2.